The first-order valence-corrected chi connectivity index (χ1v) is 11.9. The number of nitrogens with one attached hydrogen (secondary N) is 1. The van der Waals surface area contributed by atoms with Crippen LogP contribution in [0.3, 0.4) is 0 Å². The lowest BCUT2D eigenvalue weighted by atomic mass is 9.99. The molecule has 178 valence electrons. The number of halogens is 2. The number of carboxylic acid groups (broad SMARTS) is 1. The predicted molar refractivity (Wildman–Crippen MR) is 123 cm³/mol. The van der Waals surface area contributed by atoms with Gasteiger partial charge in [0.2, 0.25) is 10.0 Å². The molecule has 0 amide bonds. The SMILES string of the molecule is CC(C)[C@H](NS(=O)(=O)c1ccc(-c2ccc(CC(=O)c3cc(F)cc(F)c3)cc2)cc1)C(=O)O. The van der Waals surface area contributed by atoms with Crippen LogP contribution in [-0.4, -0.2) is 31.3 Å². The fourth-order valence-electron chi connectivity index (χ4n) is 3.35. The minimum absolute atomic E-state index is 0.0351. The Balaban J connectivity index is 1.72. The molecule has 3 aromatic carbocycles. The maximum absolute atomic E-state index is 13.3. The van der Waals surface area contributed by atoms with Gasteiger partial charge in [0.15, 0.2) is 5.78 Å². The highest BCUT2D eigenvalue weighted by atomic mass is 32.2. The van der Waals surface area contributed by atoms with Gasteiger partial charge in [0.1, 0.15) is 17.7 Å². The van der Waals surface area contributed by atoms with Crippen LogP contribution in [0.2, 0.25) is 0 Å². The van der Waals surface area contributed by atoms with E-state index in [1.165, 1.54) is 12.1 Å². The maximum Gasteiger partial charge on any atom is 0.322 e. The summed E-state index contributed by atoms with van der Waals surface area (Å²) in [7, 11) is -4.02. The van der Waals surface area contributed by atoms with Crippen molar-refractivity contribution >= 4 is 21.8 Å². The largest absolute Gasteiger partial charge is 0.480 e. The predicted octanol–water partition coefficient (Wildman–Crippen LogP) is 4.44. The third-order valence-corrected chi connectivity index (χ3v) is 6.67. The molecular formula is C25H23F2NO5S. The zero-order valence-corrected chi connectivity index (χ0v) is 19.3. The number of rotatable bonds is 9. The van der Waals surface area contributed by atoms with Crippen molar-refractivity contribution in [3.8, 4) is 11.1 Å². The fraction of sp³-hybridized carbons (Fsp3) is 0.200. The number of Topliss-reactive ketones (excluding diaryl/α,β-unsaturated/α-hetero) is 1. The summed E-state index contributed by atoms with van der Waals surface area (Å²) in [5.74, 6) is -3.74. The van der Waals surface area contributed by atoms with Crippen LogP contribution in [0.15, 0.2) is 71.6 Å². The van der Waals surface area contributed by atoms with E-state index in [1.54, 1.807) is 50.2 Å². The average molecular weight is 488 g/mol. The first-order chi connectivity index (χ1) is 16.0. The summed E-state index contributed by atoms with van der Waals surface area (Å²) >= 11 is 0. The number of sulfonamides is 1. The van der Waals surface area contributed by atoms with Crippen molar-refractivity contribution in [2.24, 2.45) is 5.92 Å². The van der Waals surface area contributed by atoms with E-state index in [0.29, 0.717) is 17.2 Å². The highest BCUT2D eigenvalue weighted by molar-refractivity contribution is 7.89. The van der Waals surface area contributed by atoms with E-state index in [-0.39, 0.29) is 16.9 Å². The van der Waals surface area contributed by atoms with E-state index in [9.17, 15) is 31.9 Å². The minimum atomic E-state index is -4.02. The Kier molecular flexibility index (Phi) is 7.58. The van der Waals surface area contributed by atoms with Gasteiger partial charge in [-0.2, -0.15) is 4.72 Å². The molecule has 0 aliphatic rings. The third-order valence-electron chi connectivity index (χ3n) is 5.22. The van der Waals surface area contributed by atoms with E-state index in [0.717, 1.165) is 17.7 Å². The average Bonchev–Trinajstić information content (AvgIpc) is 2.77. The molecule has 0 aliphatic carbocycles. The molecule has 2 N–H and O–H groups in total. The molecule has 0 saturated carbocycles. The molecule has 34 heavy (non-hydrogen) atoms. The second-order valence-corrected chi connectivity index (χ2v) is 9.87. The highest BCUT2D eigenvalue weighted by Crippen LogP contribution is 2.23. The molecule has 0 radical (unpaired) electrons. The number of ketones is 1. The summed E-state index contributed by atoms with van der Waals surface area (Å²) in [5.41, 5.74) is 2.07. The first-order valence-electron chi connectivity index (χ1n) is 10.4. The van der Waals surface area contributed by atoms with Gasteiger partial charge >= 0.3 is 5.97 Å². The monoisotopic (exact) mass is 487 g/mol. The second kappa shape index (κ2) is 10.2. The normalized spacial score (nSPS) is 12.5. The van der Waals surface area contributed by atoms with Crippen LogP contribution >= 0.6 is 0 Å². The summed E-state index contributed by atoms with van der Waals surface area (Å²) in [4.78, 5) is 23.6. The van der Waals surface area contributed by atoms with Crippen LogP contribution in [-0.2, 0) is 21.2 Å². The molecule has 3 aromatic rings. The summed E-state index contributed by atoms with van der Waals surface area (Å²) in [6, 6.07) is 14.3. The van der Waals surface area contributed by atoms with Crippen molar-refractivity contribution in [3.05, 3.63) is 89.5 Å². The van der Waals surface area contributed by atoms with Gasteiger partial charge in [-0.15, -0.1) is 0 Å². The summed E-state index contributed by atoms with van der Waals surface area (Å²) < 4.78 is 54.0. The molecule has 0 unspecified atom stereocenters. The number of aliphatic carboxylic acids is 1. The van der Waals surface area contributed by atoms with Gasteiger partial charge in [-0.1, -0.05) is 50.2 Å². The van der Waals surface area contributed by atoms with Crippen molar-refractivity contribution in [1.82, 2.24) is 4.72 Å². The van der Waals surface area contributed by atoms with Crippen molar-refractivity contribution < 1.29 is 31.9 Å². The number of carbonyl (C=O) groups is 2. The van der Waals surface area contributed by atoms with Crippen LogP contribution < -0.4 is 4.72 Å². The Morgan fingerprint density at radius 3 is 1.85 bits per heavy atom. The van der Waals surface area contributed by atoms with Crippen molar-refractivity contribution in [1.29, 1.82) is 0 Å². The molecule has 0 aliphatic heterocycles. The van der Waals surface area contributed by atoms with Gasteiger partial charge in [-0.3, -0.25) is 9.59 Å². The molecule has 3 rings (SSSR count). The Morgan fingerprint density at radius 2 is 1.38 bits per heavy atom. The minimum Gasteiger partial charge on any atom is -0.480 e. The van der Waals surface area contributed by atoms with Crippen molar-refractivity contribution in [2.45, 2.75) is 31.2 Å². The lowest BCUT2D eigenvalue weighted by Crippen LogP contribution is -2.44. The van der Waals surface area contributed by atoms with Gasteiger partial charge < -0.3 is 5.11 Å². The number of hydrogen-bond acceptors (Lipinski definition) is 4. The maximum atomic E-state index is 13.3. The summed E-state index contributed by atoms with van der Waals surface area (Å²) in [6.45, 7) is 3.22. The lowest BCUT2D eigenvalue weighted by molar-refractivity contribution is -0.140. The van der Waals surface area contributed by atoms with Crippen molar-refractivity contribution in [3.63, 3.8) is 0 Å². The summed E-state index contributed by atoms with van der Waals surface area (Å²) in [5, 5.41) is 9.23. The molecular weight excluding hydrogens is 464 g/mol. The Labute approximate surface area is 196 Å². The van der Waals surface area contributed by atoms with Crippen LogP contribution in [0.25, 0.3) is 11.1 Å². The van der Waals surface area contributed by atoms with E-state index in [4.69, 9.17) is 0 Å². The molecule has 0 aromatic heterocycles. The Hall–Kier alpha value is -3.43. The quantitative estimate of drug-likeness (QED) is 0.435. The number of carboxylic acids is 1. The van der Waals surface area contributed by atoms with E-state index < -0.39 is 45.4 Å². The number of carbonyl (C=O) groups excluding carboxylic acids is 1. The lowest BCUT2D eigenvalue weighted by Gasteiger charge is -2.18. The van der Waals surface area contributed by atoms with Crippen LogP contribution in [0.1, 0.15) is 29.8 Å². The molecule has 9 heteroatoms. The summed E-state index contributed by atoms with van der Waals surface area (Å²) in [6.07, 6.45) is -0.0351. The highest BCUT2D eigenvalue weighted by Gasteiger charge is 2.28. The van der Waals surface area contributed by atoms with Crippen LogP contribution in [0, 0.1) is 17.6 Å². The molecule has 0 fully saturated rings. The molecule has 1 atom stereocenters. The Morgan fingerprint density at radius 1 is 0.882 bits per heavy atom. The Bertz CT molecular complexity index is 1280. The molecule has 0 bridgehead atoms. The van der Waals surface area contributed by atoms with Crippen LogP contribution in [0.4, 0.5) is 8.78 Å². The molecule has 0 saturated heterocycles. The second-order valence-electron chi connectivity index (χ2n) is 8.16. The van der Waals surface area contributed by atoms with Gasteiger partial charge in [0.25, 0.3) is 0 Å². The van der Waals surface area contributed by atoms with Crippen molar-refractivity contribution in [2.75, 3.05) is 0 Å². The van der Waals surface area contributed by atoms with Gasteiger partial charge in [0, 0.05) is 18.1 Å². The van der Waals surface area contributed by atoms with E-state index in [2.05, 4.69) is 4.72 Å². The molecule has 0 heterocycles. The third kappa shape index (κ3) is 6.12. The zero-order valence-electron chi connectivity index (χ0n) is 18.5. The zero-order chi connectivity index (χ0) is 25.0. The van der Waals surface area contributed by atoms with Gasteiger partial charge in [-0.25, -0.2) is 17.2 Å². The standard InChI is InChI=1S/C25H23F2NO5S/c1-15(2)24(25(30)31)28-34(32,33)22-9-7-18(8-10-22)17-5-3-16(4-6-17)11-23(29)19-12-20(26)14-21(27)13-19/h3-10,12-15,24,28H,11H2,1-2H3,(H,30,31)/t24-/m0/s1. The molecule has 0 spiro atoms. The molecule has 6 nitrogen and oxygen atoms in total. The number of hydrogen-bond donors (Lipinski definition) is 2. The fourth-order valence-corrected chi connectivity index (χ4v) is 4.69. The topological polar surface area (TPSA) is 101 Å². The van der Waals surface area contributed by atoms with E-state index >= 15 is 0 Å². The van der Waals surface area contributed by atoms with Crippen LogP contribution in [0.5, 0.6) is 0 Å². The first kappa shape index (κ1) is 25.2. The smallest absolute Gasteiger partial charge is 0.322 e. The van der Waals surface area contributed by atoms with Gasteiger partial charge in [-0.05, 0) is 46.9 Å². The van der Waals surface area contributed by atoms with Gasteiger partial charge in [0.05, 0.1) is 4.90 Å². The van der Waals surface area contributed by atoms with E-state index in [1.807, 2.05) is 0 Å². The number of benzene rings is 3.